The molecule has 0 spiro atoms. The van der Waals surface area contributed by atoms with Crippen molar-refractivity contribution in [3.8, 4) is 5.75 Å². The van der Waals surface area contributed by atoms with E-state index in [4.69, 9.17) is 9.47 Å². The Morgan fingerprint density at radius 2 is 1.96 bits per heavy atom. The van der Waals surface area contributed by atoms with Crippen LogP contribution < -0.4 is 10.1 Å². The van der Waals surface area contributed by atoms with E-state index >= 15 is 0 Å². The summed E-state index contributed by atoms with van der Waals surface area (Å²) in [5, 5.41) is 2.84. The minimum Gasteiger partial charge on any atom is -0.497 e. The molecule has 1 saturated heterocycles. The van der Waals surface area contributed by atoms with Gasteiger partial charge in [-0.3, -0.25) is 9.59 Å². The molecule has 2 aromatic carbocycles. The Balaban J connectivity index is 1.84. The second kappa shape index (κ2) is 7.36. The summed E-state index contributed by atoms with van der Waals surface area (Å²) in [6.45, 7) is -0.115. The van der Waals surface area contributed by atoms with Gasteiger partial charge in [0.15, 0.2) is 6.10 Å². The van der Waals surface area contributed by atoms with Gasteiger partial charge >= 0.3 is 0 Å². The maximum atomic E-state index is 12.8. The number of carbonyl (C=O) groups is 2. The van der Waals surface area contributed by atoms with Crippen LogP contribution in [0.4, 0.5) is 5.69 Å². The van der Waals surface area contributed by atoms with E-state index in [0.29, 0.717) is 11.4 Å². The fourth-order valence-corrected chi connectivity index (χ4v) is 2.89. The van der Waals surface area contributed by atoms with Crippen molar-refractivity contribution in [3.05, 3.63) is 60.2 Å². The number of amides is 2. The van der Waals surface area contributed by atoms with Crippen LogP contribution in [-0.2, 0) is 14.3 Å². The zero-order valence-electron chi connectivity index (χ0n) is 14.1. The lowest BCUT2D eigenvalue weighted by Crippen LogP contribution is -2.51. The summed E-state index contributed by atoms with van der Waals surface area (Å²) in [5.74, 6) is 0.190. The molecule has 2 amide bonds. The second-order valence-corrected chi connectivity index (χ2v) is 5.81. The second-order valence-electron chi connectivity index (χ2n) is 5.81. The zero-order valence-corrected chi connectivity index (χ0v) is 14.1. The standard InChI is InChI=1S/C19H20N2O4/c1-21-16(22)12-25-18(17(21)13-7-4-3-5-8-13)19(23)20-14-9-6-10-15(11-14)24-2/h3-11,17-18H,12H2,1-2H3,(H,20,23)/t17-,18-/m0/s1. The van der Waals surface area contributed by atoms with Gasteiger partial charge in [0.05, 0.1) is 13.2 Å². The summed E-state index contributed by atoms with van der Waals surface area (Å²) in [7, 11) is 3.26. The molecule has 0 unspecified atom stereocenters. The summed E-state index contributed by atoms with van der Waals surface area (Å²) in [6, 6.07) is 16.0. The molecule has 2 atom stereocenters. The highest BCUT2D eigenvalue weighted by atomic mass is 16.5. The van der Waals surface area contributed by atoms with Gasteiger partial charge in [0.1, 0.15) is 12.4 Å². The molecule has 1 heterocycles. The van der Waals surface area contributed by atoms with Crippen LogP contribution in [-0.4, -0.2) is 43.6 Å². The van der Waals surface area contributed by atoms with Crippen molar-refractivity contribution in [1.29, 1.82) is 0 Å². The van der Waals surface area contributed by atoms with Crippen molar-refractivity contribution in [2.75, 3.05) is 26.1 Å². The minimum atomic E-state index is -0.795. The lowest BCUT2D eigenvalue weighted by Gasteiger charge is -2.38. The zero-order chi connectivity index (χ0) is 17.8. The Morgan fingerprint density at radius 3 is 2.68 bits per heavy atom. The fourth-order valence-electron chi connectivity index (χ4n) is 2.89. The highest BCUT2D eigenvalue weighted by molar-refractivity contribution is 5.96. The molecule has 3 rings (SSSR count). The van der Waals surface area contributed by atoms with Crippen molar-refractivity contribution in [2.24, 2.45) is 0 Å². The first kappa shape index (κ1) is 17.0. The quantitative estimate of drug-likeness (QED) is 0.927. The number of morpholine rings is 1. The molecule has 0 aromatic heterocycles. The number of benzene rings is 2. The third kappa shape index (κ3) is 3.64. The molecule has 1 N–H and O–H groups in total. The summed E-state index contributed by atoms with van der Waals surface area (Å²) in [5.41, 5.74) is 1.46. The first-order valence-electron chi connectivity index (χ1n) is 7.97. The summed E-state index contributed by atoms with van der Waals surface area (Å²) in [6.07, 6.45) is -0.795. The predicted octanol–water partition coefficient (Wildman–Crippen LogP) is 2.23. The Hall–Kier alpha value is -2.86. The highest BCUT2D eigenvalue weighted by Crippen LogP contribution is 2.30. The molecule has 6 nitrogen and oxygen atoms in total. The van der Waals surface area contributed by atoms with E-state index in [1.54, 1.807) is 43.3 Å². The summed E-state index contributed by atoms with van der Waals surface area (Å²) >= 11 is 0. The van der Waals surface area contributed by atoms with Gasteiger partial charge in [0, 0.05) is 18.8 Å². The van der Waals surface area contributed by atoms with Gasteiger partial charge in [0.2, 0.25) is 5.91 Å². The normalized spacial score (nSPS) is 20.2. The van der Waals surface area contributed by atoms with Gasteiger partial charge < -0.3 is 19.7 Å². The maximum absolute atomic E-state index is 12.8. The van der Waals surface area contributed by atoms with Gasteiger partial charge in [-0.05, 0) is 17.7 Å². The van der Waals surface area contributed by atoms with Crippen LogP contribution in [0, 0.1) is 0 Å². The van der Waals surface area contributed by atoms with Crippen molar-refractivity contribution in [1.82, 2.24) is 4.90 Å². The van der Waals surface area contributed by atoms with Crippen molar-refractivity contribution >= 4 is 17.5 Å². The predicted molar refractivity (Wildman–Crippen MR) is 93.3 cm³/mol. The van der Waals surface area contributed by atoms with E-state index in [0.717, 1.165) is 5.56 Å². The smallest absolute Gasteiger partial charge is 0.256 e. The molecule has 0 bridgehead atoms. The first-order valence-corrected chi connectivity index (χ1v) is 7.97. The van der Waals surface area contributed by atoms with E-state index in [1.807, 2.05) is 30.3 Å². The van der Waals surface area contributed by atoms with E-state index < -0.39 is 12.1 Å². The number of carbonyl (C=O) groups excluding carboxylic acids is 2. The molecule has 130 valence electrons. The molecule has 0 radical (unpaired) electrons. The largest absolute Gasteiger partial charge is 0.497 e. The number of ether oxygens (including phenoxy) is 2. The molecule has 25 heavy (non-hydrogen) atoms. The molecule has 0 aliphatic carbocycles. The number of rotatable bonds is 4. The summed E-state index contributed by atoms with van der Waals surface area (Å²) in [4.78, 5) is 26.4. The average molecular weight is 340 g/mol. The van der Waals surface area contributed by atoms with Crippen molar-refractivity contribution in [3.63, 3.8) is 0 Å². The fraction of sp³-hybridized carbons (Fsp3) is 0.263. The van der Waals surface area contributed by atoms with E-state index in [-0.39, 0.29) is 18.4 Å². The van der Waals surface area contributed by atoms with Gasteiger partial charge in [-0.15, -0.1) is 0 Å². The van der Waals surface area contributed by atoms with Crippen LogP contribution in [0.1, 0.15) is 11.6 Å². The first-order chi connectivity index (χ1) is 12.1. The Kier molecular flexibility index (Phi) is 5.00. The number of anilines is 1. The van der Waals surface area contributed by atoms with Gasteiger partial charge in [-0.1, -0.05) is 36.4 Å². The third-order valence-electron chi connectivity index (χ3n) is 4.22. The van der Waals surface area contributed by atoms with Gasteiger partial charge in [-0.2, -0.15) is 0 Å². The van der Waals surface area contributed by atoms with Crippen LogP contribution in [0.2, 0.25) is 0 Å². The number of hydrogen-bond donors (Lipinski definition) is 1. The average Bonchev–Trinajstić information content (AvgIpc) is 2.64. The molecule has 6 heteroatoms. The topological polar surface area (TPSA) is 67.9 Å². The molecular weight excluding hydrogens is 320 g/mol. The third-order valence-corrected chi connectivity index (χ3v) is 4.22. The molecular formula is C19H20N2O4. The molecule has 0 saturated carbocycles. The number of nitrogens with one attached hydrogen (secondary N) is 1. The monoisotopic (exact) mass is 340 g/mol. The van der Waals surface area contributed by atoms with Gasteiger partial charge in [-0.25, -0.2) is 0 Å². The lowest BCUT2D eigenvalue weighted by molar-refractivity contribution is -0.160. The minimum absolute atomic E-state index is 0.115. The Bertz CT molecular complexity index is 763. The lowest BCUT2D eigenvalue weighted by atomic mass is 9.97. The number of nitrogens with zero attached hydrogens (tertiary/aromatic N) is 1. The summed E-state index contributed by atoms with van der Waals surface area (Å²) < 4.78 is 10.8. The van der Waals surface area contributed by atoms with Crippen LogP contribution in [0.5, 0.6) is 5.75 Å². The molecule has 2 aromatic rings. The van der Waals surface area contributed by atoms with Crippen LogP contribution in [0.3, 0.4) is 0 Å². The van der Waals surface area contributed by atoms with E-state index in [2.05, 4.69) is 5.32 Å². The van der Waals surface area contributed by atoms with E-state index in [1.165, 1.54) is 0 Å². The van der Waals surface area contributed by atoms with E-state index in [9.17, 15) is 9.59 Å². The molecule has 1 aliphatic heterocycles. The molecule has 1 aliphatic rings. The van der Waals surface area contributed by atoms with Crippen molar-refractivity contribution in [2.45, 2.75) is 12.1 Å². The molecule has 1 fully saturated rings. The SMILES string of the molecule is COc1cccc(NC(=O)[C@H]2OCC(=O)N(C)[C@H]2c2ccccc2)c1. The Morgan fingerprint density at radius 1 is 1.20 bits per heavy atom. The highest BCUT2D eigenvalue weighted by Gasteiger charge is 2.40. The maximum Gasteiger partial charge on any atom is 0.256 e. The number of hydrogen-bond acceptors (Lipinski definition) is 4. The van der Waals surface area contributed by atoms with Gasteiger partial charge in [0.25, 0.3) is 5.91 Å². The van der Waals surface area contributed by atoms with Crippen LogP contribution >= 0.6 is 0 Å². The van der Waals surface area contributed by atoms with Crippen LogP contribution in [0.15, 0.2) is 54.6 Å². The number of methoxy groups -OCH3 is 1. The Labute approximate surface area is 146 Å². The van der Waals surface area contributed by atoms with Crippen LogP contribution in [0.25, 0.3) is 0 Å². The van der Waals surface area contributed by atoms with Crippen molar-refractivity contribution < 1.29 is 19.1 Å². The number of likely N-dealkylation sites (N-methyl/N-ethyl adjacent to an activating group) is 1.